The van der Waals surface area contributed by atoms with Crippen molar-refractivity contribution in [3.05, 3.63) is 42.0 Å². The Labute approximate surface area is 225 Å². The zero-order valence-electron chi connectivity index (χ0n) is 22.7. The molecule has 3 amide bonds. The smallest absolute Gasteiger partial charge is 0.246 e. The molecule has 7 atom stereocenters. The van der Waals surface area contributed by atoms with E-state index < -0.39 is 29.6 Å². The van der Waals surface area contributed by atoms with E-state index >= 15 is 0 Å². The van der Waals surface area contributed by atoms with E-state index in [0.29, 0.717) is 11.6 Å². The number of likely N-dealkylation sites (tertiary alicyclic amines) is 1. The van der Waals surface area contributed by atoms with Crippen molar-refractivity contribution in [3.8, 4) is 0 Å². The van der Waals surface area contributed by atoms with Crippen molar-refractivity contribution in [2.75, 3.05) is 5.32 Å². The first-order valence-corrected chi connectivity index (χ1v) is 14.8. The summed E-state index contributed by atoms with van der Waals surface area (Å²) >= 11 is 0. The molecule has 6 rings (SSSR count). The van der Waals surface area contributed by atoms with Crippen LogP contribution in [0.4, 0.5) is 5.69 Å². The summed E-state index contributed by atoms with van der Waals surface area (Å²) in [7, 11) is 0. The average Bonchev–Trinajstić information content (AvgIpc) is 3.44. The van der Waals surface area contributed by atoms with Crippen LogP contribution in [0.3, 0.4) is 0 Å². The molecule has 204 valence electrons. The van der Waals surface area contributed by atoms with Gasteiger partial charge >= 0.3 is 0 Å². The minimum Gasteiger partial charge on any atom is -0.359 e. The van der Waals surface area contributed by atoms with Gasteiger partial charge in [-0.05, 0) is 56.2 Å². The van der Waals surface area contributed by atoms with Crippen LogP contribution in [0.15, 0.2) is 36.4 Å². The molecule has 2 saturated carbocycles. The Morgan fingerprint density at radius 1 is 1.00 bits per heavy atom. The second-order valence-electron chi connectivity index (χ2n) is 12.3. The lowest BCUT2D eigenvalue weighted by atomic mass is 9.74. The number of benzene rings is 1. The SMILES string of the molecule is Cc1cccc(NC(=O)[C@H]2[C@H]3C=C[C@@]4(O3)[C@H]2C(=O)N(C2CCCCCC2)[C@@H]4C(=O)N[C@@H]2CCCC[C@H]2C)c1. The maximum atomic E-state index is 14.3. The van der Waals surface area contributed by atoms with Gasteiger partial charge in [0.1, 0.15) is 11.6 Å². The van der Waals surface area contributed by atoms with Gasteiger partial charge in [0.05, 0.1) is 17.9 Å². The maximum Gasteiger partial charge on any atom is 0.246 e. The zero-order chi connectivity index (χ0) is 26.4. The highest BCUT2D eigenvalue weighted by atomic mass is 16.5. The minimum absolute atomic E-state index is 0.000962. The molecule has 7 heteroatoms. The first-order valence-electron chi connectivity index (χ1n) is 14.8. The van der Waals surface area contributed by atoms with Gasteiger partial charge in [0.25, 0.3) is 0 Å². The molecule has 3 heterocycles. The lowest BCUT2D eigenvalue weighted by Gasteiger charge is -2.38. The molecular formula is C31H41N3O4. The number of nitrogens with one attached hydrogen (secondary N) is 2. The predicted octanol–water partition coefficient (Wildman–Crippen LogP) is 4.50. The number of aryl methyl sites for hydroxylation is 1. The van der Waals surface area contributed by atoms with E-state index in [2.05, 4.69) is 17.6 Å². The Balaban J connectivity index is 1.33. The van der Waals surface area contributed by atoms with Crippen molar-refractivity contribution < 1.29 is 19.1 Å². The van der Waals surface area contributed by atoms with Crippen LogP contribution >= 0.6 is 0 Å². The maximum absolute atomic E-state index is 14.3. The fourth-order valence-electron chi connectivity index (χ4n) is 7.88. The molecule has 2 N–H and O–H groups in total. The summed E-state index contributed by atoms with van der Waals surface area (Å²) in [5.41, 5.74) is 0.668. The summed E-state index contributed by atoms with van der Waals surface area (Å²) in [6.07, 6.45) is 13.9. The van der Waals surface area contributed by atoms with Gasteiger partial charge in [-0.15, -0.1) is 0 Å². The molecule has 0 aromatic heterocycles. The number of nitrogens with zero attached hydrogens (tertiary/aromatic N) is 1. The first-order chi connectivity index (χ1) is 18.4. The second-order valence-corrected chi connectivity index (χ2v) is 12.3. The highest BCUT2D eigenvalue weighted by Gasteiger charge is 2.73. The van der Waals surface area contributed by atoms with Gasteiger partial charge in [-0.3, -0.25) is 14.4 Å². The van der Waals surface area contributed by atoms with Gasteiger partial charge in [0.2, 0.25) is 17.7 Å². The van der Waals surface area contributed by atoms with Gasteiger partial charge in [-0.2, -0.15) is 0 Å². The van der Waals surface area contributed by atoms with E-state index in [4.69, 9.17) is 4.74 Å². The molecule has 5 aliphatic rings. The van der Waals surface area contributed by atoms with Crippen LogP contribution in [0.1, 0.15) is 76.7 Å². The molecule has 0 unspecified atom stereocenters. The van der Waals surface area contributed by atoms with E-state index in [0.717, 1.165) is 63.4 Å². The number of ether oxygens (including phenoxy) is 1. The lowest BCUT2D eigenvalue weighted by molar-refractivity contribution is -0.144. The number of amides is 3. The van der Waals surface area contributed by atoms with E-state index in [1.807, 2.05) is 48.2 Å². The fourth-order valence-corrected chi connectivity index (χ4v) is 7.88. The number of carbonyl (C=O) groups is 3. The van der Waals surface area contributed by atoms with Crippen LogP contribution < -0.4 is 10.6 Å². The molecule has 7 nitrogen and oxygen atoms in total. The lowest BCUT2D eigenvalue weighted by Crippen LogP contribution is -2.59. The van der Waals surface area contributed by atoms with Crippen LogP contribution in [0.5, 0.6) is 0 Å². The molecule has 2 saturated heterocycles. The van der Waals surface area contributed by atoms with Crippen molar-refractivity contribution in [1.29, 1.82) is 0 Å². The molecule has 1 aromatic carbocycles. The van der Waals surface area contributed by atoms with Crippen molar-refractivity contribution in [1.82, 2.24) is 10.2 Å². The molecule has 0 radical (unpaired) electrons. The molecule has 2 aliphatic carbocycles. The van der Waals surface area contributed by atoms with E-state index in [1.165, 1.54) is 6.42 Å². The standard InChI is InChI=1S/C31H41N3O4/c1-19-10-9-12-21(18-19)32-28(35)25-24-16-17-31(38-24)26(25)30(37)34(22-13-5-3-4-6-14-22)27(31)29(36)33-23-15-8-7-11-20(23)2/h9-10,12,16-18,20,22-27H,3-8,11,13-15H2,1-2H3,(H,32,35)(H,33,36)/t20-,23-,24-,25+,26-,27-,31-/m1/s1. The van der Waals surface area contributed by atoms with E-state index in [-0.39, 0.29) is 29.8 Å². The normalized spacial score (nSPS) is 36.7. The number of carbonyl (C=O) groups excluding carboxylic acids is 3. The third-order valence-electron chi connectivity index (χ3n) is 9.81. The number of fused-ring (bicyclic) bond motifs is 1. The number of hydrogen-bond donors (Lipinski definition) is 2. The Morgan fingerprint density at radius 3 is 2.47 bits per heavy atom. The van der Waals surface area contributed by atoms with Crippen LogP contribution in [-0.4, -0.2) is 52.5 Å². The number of anilines is 1. The summed E-state index contributed by atoms with van der Waals surface area (Å²) in [6, 6.07) is 7.05. The summed E-state index contributed by atoms with van der Waals surface area (Å²) in [4.78, 5) is 44.0. The molecule has 2 bridgehead atoms. The fraction of sp³-hybridized carbons (Fsp3) is 0.645. The highest BCUT2D eigenvalue weighted by Crippen LogP contribution is 2.56. The van der Waals surface area contributed by atoms with Crippen LogP contribution in [0.25, 0.3) is 0 Å². The third-order valence-corrected chi connectivity index (χ3v) is 9.81. The van der Waals surface area contributed by atoms with Crippen LogP contribution in [-0.2, 0) is 19.1 Å². The van der Waals surface area contributed by atoms with Gasteiger partial charge < -0.3 is 20.3 Å². The summed E-state index contributed by atoms with van der Waals surface area (Å²) in [5, 5.41) is 6.38. The Morgan fingerprint density at radius 2 is 1.74 bits per heavy atom. The Kier molecular flexibility index (Phi) is 6.83. The average molecular weight is 520 g/mol. The molecule has 38 heavy (non-hydrogen) atoms. The van der Waals surface area contributed by atoms with Crippen LogP contribution in [0.2, 0.25) is 0 Å². The van der Waals surface area contributed by atoms with Crippen LogP contribution in [0, 0.1) is 24.7 Å². The van der Waals surface area contributed by atoms with Gasteiger partial charge in [-0.1, -0.05) is 69.7 Å². The first kappa shape index (κ1) is 25.6. The molecular weight excluding hydrogens is 478 g/mol. The predicted molar refractivity (Wildman–Crippen MR) is 145 cm³/mol. The highest BCUT2D eigenvalue weighted by molar-refractivity contribution is 6.03. The monoisotopic (exact) mass is 519 g/mol. The van der Waals surface area contributed by atoms with Gasteiger partial charge in [0, 0.05) is 17.8 Å². The second kappa shape index (κ2) is 10.1. The number of rotatable bonds is 5. The quantitative estimate of drug-likeness (QED) is 0.443. The molecule has 1 spiro atoms. The third kappa shape index (κ3) is 4.27. The summed E-state index contributed by atoms with van der Waals surface area (Å²) < 4.78 is 6.56. The largest absolute Gasteiger partial charge is 0.359 e. The van der Waals surface area contributed by atoms with Crippen molar-refractivity contribution >= 4 is 23.4 Å². The minimum atomic E-state index is -1.09. The Hall–Kier alpha value is -2.67. The van der Waals surface area contributed by atoms with E-state index in [1.54, 1.807) is 0 Å². The molecule has 4 fully saturated rings. The molecule has 3 aliphatic heterocycles. The van der Waals surface area contributed by atoms with E-state index in [9.17, 15) is 14.4 Å². The summed E-state index contributed by atoms with van der Waals surface area (Å²) in [6.45, 7) is 4.19. The van der Waals surface area contributed by atoms with Crippen molar-refractivity contribution in [2.24, 2.45) is 17.8 Å². The summed E-state index contributed by atoms with van der Waals surface area (Å²) in [5.74, 6) is -1.36. The number of hydrogen-bond acceptors (Lipinski definition) is 4. The van der Waals surface area contributed by atoms with Gasteiger partial charge in [0.15, 0.2) is 0 Å². The van der Waals surface area contributed by atoms with Crippen molar-refractivity contribution in [3.63, 3.8) is 0 Å². The topological polar surface area (TPSA) is 87.7 Å². The van der Waals surface area contributed by atoms with Gasteiger partial charge in [-0.25, -0.2) is 0 Å². The van der Waals surface area contributed by atoms with Crippen molar-refractivity contribution in [2.45, 2.75) is 108 Å². The Bertz CT molecular complexity index is 1130. The zero-order valence-corrected chi connectivity index (χ0v) is 22.7. The molecule has 1 aromatic rings.